The number of nitrogens with zero attached hydrogens (tertiary/aromatic N) is 1. The summed E-state index contributed by atoms with van der Waals surface area (Å²) in [6.07, 6.45) is 97.8. The largest absolute Gasteiger partial charge is 0.756 e. The van der Waals surface area contributed by atoms with Gasteiger partial charge >= 0.3 is 11.9 Å². The molecule has 0 aromatic rings. The van der Waals surface area contributed by atoms with Crippen molar-refractivity contribution in [1.29, 1.82) is 0 Å². The monoisotopic (exact) mass is 1310 g/mol. The number of ether oxygens (including phenoxy) is 2. The molecule has 0 bridgehead atoms. The fourth-order valence-electron chi connectivity index (χ4n) is 12.0. The van der Waals surface area contributed by atoms with Crippen molar-refractivity contribution < 1.29 is 42.1 Å². The van der Waals surface area contributed by atoms with Crippen LogP contribution in [0.3, 0.4) is 0 Å². The standard InChI is InChI=1S/C82H154NO8P/c1-6-8-10-12-14-16-18-20-22-24-26-28-30-32-34-36-38-39-40-41-42-43-45-47-49-51-53-55-57-59-61-63-65-67-69-71-73-75-82(85)91-80(79-90-92(86,87)89-77-76-83(3,4)5)78-88-81(84)74-72-70-68-66-64-62-60-58-56-54-52-50-48-46-44-37-35-33-31-29-27-25-23-21-19-17-15-13-11-9-7-2/h8,10,14,16,20,22,26,28,32,34,80H,6-7,9,11-13,15,17-19,21,23-25,27,29-31,33,35-79H2,1-5H3/b10-8-,16-14-,22-20-,28-26-,34-32-. The van der Waals surface area contributed by atoms with Crippen molar-refractivity contribution in [2.75, 3.05) is 47.5 Å². The SMILES string of the molecule is CC/C=C\C/C=C\C/C=C\C/C=C\C/C=C\CCCCCCCCCCCCCCCCCCCCCCCC(=O)OC(COC(=O)CCCCCCCCCCCCCCCCCCCCCCCCCCCCCCCCC)COP(=O)([O-])OCC[N+](C)(C)C. The fourth-order valence-corrected chi connectivity index (χ4v) is 12.7. The van der Waals surface area contributed by atoms with E-state index in [1.807, 2.05) is 21.1 Å². The number of phosphoric ester groups is 1. The molecule has 92 heavy (non-hydrogen) atoms. The summed E-state index contributed by atoms with van der Waals surface area (Å²) in [6, 6.07) is 0. The molecule has 10 heteroatoms. The summed E-state index contributed by atoms with van der Waals surface area (Å²) in [6.45, 7) is 4.20. The van der Waals surface area contributed by atoms with E-state index in [1.165, 1.54) is 302 Å². The lowest BCUT2D eigenvalue weighted by molar-refractivity contribution is -0.870. The number of carbonyl (C=O) groups is 2. The van der Waals surface area contributed by atoms with Crippen LogP contribution in [0.2, 0.25) is 0 Å². The molecule has 0 aliphatic carbocycles. The lowest BCUT2D eigenvalue weighted by Crippen LogP contribution is -2.37. The average Bonchev–Trinajstić information content (AvgIpc) is 2.34. The number of allylic oxidation sites excluding steroid dienone is 10. The third kappa shape index (κ3) is 76.7. The van der Waals surface area contributed by atoms with Crippen molar-refractivity contribution >= 4 is 19.8 Å². The predicted molar refractivity (Wildman–Crippen MR) is 397 cm³/mol. The van der Waals surface area contributed by atoms with Crippen molar-refractivity contribution in [1.82, 2.24) is 0 Å². The van der Waals surface area contributed by atoms with E-state index in [-0.39, 0.29) is 32.0 Å². The maximum atomic E-state index is 12.9. The van der Waals surface area contributed by atoms with Crippen molar-refractivity contribution in [3.05, 3.63) is 60.8 Å². The van der Waals surface area contributed by atoms with E-state index in [1.54, 1.807) is 0 Å². The first kappa shape index (κ1) is 89.7. The minimum absolute atomic E-state index is 0.0281. The number of esters is 2. The van der Waals surface area contributed by atoms with Crippen LogP contribution in [-0.4, -0.2) is 70.0 Å². The van der Waals surface area contributed by atoms with Crippen LogP contribution >= 0.6 is 7.82 Å². The molecule has 0 aliphatic heterocycles. The zero-order valence-electron chi connectivity index (χ0n) is 61.8. The van der Waals surface area contributed by atoms with Crippen LogP contribution < -0.4 is 4.89 Å². The molecular formula is C82H154NO8P. The number of likely N-dealkylation sites (N-methyl/N-ethyl adjacent to an activating group) is 1. The number of rotatable bonds is 75. The van der Waals surface area contributed by atoms with Crippen LogP contribution in [0.4, 0.5) is 0 Å². The highest BCUT2D eigenvalue weighted by atomic mass is 31.2. The van der Waals surface area contributed by atoms with Crippen LogP contribution in [0.25, 0.3) is 0 Å². The average molecular weight is 1310 g/mol. The maximum Gasteiger partial charge on any atom is 0.306 e. The van der Waals surface area contributed by atoms with E-state index in [9.17, 15) is 19.0 Å². The second kappa shape index (κ2) is 73.0. The number of carbonyl (C=O) groups excluding carboxylic acids is 2. The molecule has 0 N–H and O–H groups in total. The Balaban J connectivity index is 3.91. The molecule has 0 fully saturated rings. The zero-order chi connectivity index (χ0) is 66.9. The Morgan fingerprint density at radius 2 is 0.620 bits per heavy atom. The van der Waals surface area contributed by atoms with Gasteiger partial charge in [0.2, 0.25) is 0 Å². The zero-order valence-corrected chi connectivity index (χ0v) is 62.7. The quantitative estimate of drug-likeness (QED) is 0.0195. The molecule has 0 saturated carbocycles. The second-order valence-electron chi connectivity index (χ2n) is 28.4. The van der Waals surface area contributed by atoms with Gasteiger partial charge in [-0.05, 0) is 57.8 Å². The summed E-state index contributed by atoms with van der Waals surface area (Å²) in [7, 11) is 1.19. The van der Waals surface area contributed by atoms with E-state index in [0.717, 1.165) is 64.2 Å². The van der Waals surface area contributed by atoms with Crippen LogP contribution in [0, 0.1) is 0 Å². The molecule has 0 spiro atoms. The van der Waals surface area contributed by atoms with E-state index in [0.29, 0.717) is 17.4 Å². The highest BCUT2D eigenvalue weighted by Crippen LogP contribution is 2.38. The summed E-state index contributed by atoms with van der Waals surface area (Å²) in [5, 5.41) is 0. The summed E-state index contributed by atoms with van der Waals surface area (Å²) < 4.78 is 34.4. The third-order valence-corrected chi connectivity index (χ3v) is 19.0. The summed E-state index contributed by atoms with van der Waals surface area (Å²) in [5.74, 6) is -0.809. The lowest BCUT2D eigenvalue weighted by atomic mass is 10.0. The first-order valence-corrected chi connectivity index (χ1v) is 41.5. The molecular weight excluding hydrogens is 1160 g/mol. The van der Waals surface area contributed by atoms with E-state index in [2.05, 4.69) is 74.6 Å². The van der Waals surface area contributed by atoms with Crippen LogP contribution in [0.15, 0.2) is 60.8 Å². The Kier molecular flexibility index (Phi) is 71.2. The van der Waals surface area contributed by atoms with Crippen molar-refractivity contribution in [2.24, 2.45) is 0 Å². The molecule has 0 rings (SSSR count). The maximum absolute atomic E-state index is 12.9. The Labute approximate surface area is 572 Å². The van der Waals surface area contributed by atoms with E-state index < -0.39 is 26.5 Å². The lowest BCUT2D eigenvalue weighted by Gasteiger charge is -2.28. The molecule has 0 amide bonds. The molecule has 0 radical (unpaired) electrons. The first-order valence-electron chi connectivity index (χ1n) is 40.0. The Morgan fingerprint density at radius 1 is 0.348 bits per heavy atom. The first-order chi connectivity index (χ1) is 45.0. The van der Waals surface area contributed by atoms with Crippen LogP contribution in [0.5, 0.6) is 0 Å². The van der Waals surface area contributed by atoms with Gasteiger partial charge in [-0.25, -0.2) is 0 Å². The number of hydrogen-bond donors (Lipinski definition) is 0. The number of phosphoric acid groups is 1. The van der Waals surface area contributed by atoms with E-state index >= 15 is 0 Å². The molecule has 0 aromatic heterocycles. The van der Waals surface area contributed by atoms with Gasteiger partial charge in [0.25, 0.3) is 7.82 Å². The van der Waals surface area contributed by atoms with Gasteiger partial charge < -0.3 is 27.9 Å². The predicted octanol–water partition coefficient (Wildman–Crippen LogP) is 25.9. The topological polar surface area (TPSA) is 111 Å². The molecule has 2 unspecified atom stereocenters. The minimum Gasteiger partial charge on any atom is -0.756 e. The van der Waals surface area contributed by atoms with Crippen LogP contribution in [0.1, 0.15) is 399 Å². The van der Waals surface area contributed by atoms with Gasteiger partial charge in [-0.2, -0.15) is 0 Å². The van der Waals surface area contributed by atoms with E-state index in [4.69, 9.17) is 18.5 Å². The van der Waals surface area contributed by atoms with Gasteiger partial charge in [-0.1, -0.05) is 389 Å². The molecule has 0 heterocycles. The molecule has 0 aliphatic rings. The van der Waals surface area contributed by atoms with Crippen LogP contribution in [-0.2, 0) is 32.7 Å². The van der Waals surface area contributed by atoms with Gasteiger partial charge in [0.1, 0.15) is 19.8 Å². The third-order valence-electron chi connectivity index (χ3n) is 18.1. The highest BCUT2D eigenvalue weighted by Gasteiger charge is 2.22. The Hall–Kier alpha value is -2.29. The number of quaternary nitrogens is 1. The summed E-state index contributed by atoms with van der Waals surface area (Å²) >= 11 is 0. The summed E-state index contributed by atoms with van der Waals surface area (Å²) in [4.78, 5) is 38.2. The molecule has 9 nitrogen and oxygen atoms in total. The number of hydrogen-bond acceptors (Lipinski definition) is 8. The van der Waals surface area contributed by atoms with Gasteiger partial charge in [0.15, 0.2) is 6.10 Å². The molecule has 540 valence electrons. The Morgan fingerprint density at radius 3 is 0.924 bits per heavy atom. The molecule has 0 saturated heterocycles. The van der Waals surface area contributed by atoms with Crippen molar-refractivity contribution in [3.63, 3.8) is 0 Å². The molecule has 0 aromatic carbocycles. The Bertz CT molecular complexity index is 1740. The summed E-state index contributed by atoms with van der Waals surface area (Å²) in [5.41, 5.74) is 0. The second-order valence-corrected chi connectivity index (χ2v) is 29.8. The molecule has 2 atom stereocenters. The van der Waals surface area contributed by atoms with Gasteiger partial charge in [0, 0.05) is 12.8 Å². The number of unbranched alkanes of at least 4 members (excludes halogenated alkanes) is 51. The van der Waals surface area contributed by atoms with Gasteiger partial charge in [0.05, 0.1) is 27.7 Å². The van der Waals surface area contributed by atoms with Crippen molar-refractivity contribution in [3.8, 4) is 0 Å². The van der Waals surface area contributed by atoms with Crippen molar-refractivity contribution in [2.45, 2.75) is 405 Å². The van der Waals surface area contributed by atoms with Gasteiger partial charge in [-0.15, -0.1) is 0 Å². The normalized spacial score (nSPS) is 13.3. The fraction of sp³-hybridized carbons (Fsp3) is 0.854. The van der Waals surface area contributed by atoms with Gasteiger partial charge in [-0.3, -0.25) is 14.2 Å². The smallest absolute Gasteiger partial charge is 0.306 e. The highest BCUT2D eigenvalue weighted by molar-refractivity contribution is 7.45. The minimum atomic E-state index is -4.64.